The molecule has 1 aliphatic heterocycles. The fourth-order valence-corrected chi connectivity index (χ4v) is 2.48. The van der Waals surface area contributed by atoms with Crippen molar-refractivity contribution in [2.75, 3.05) is 13.1 Å². The highest BCUT2D eigenvalue weighted by Crippen LogP contribution is 2.30. The van der Waals surface area contributed by atoms with Gasteiger partial charge in [0, 0.05) is 25.3 Å². The Hall–Kier alpha value is -0.900. The van der Waals surface area contributed by atoms with Crippen LogP contribution in [0.3, 0.4) is 0 Å². The van der Waals surface area contributed by atoms with Gasteiger partial charge in [0.2, 0.25) is 0 Å². The van der Waals surface area contributed by atoms with Gasteiger partial charge in [0.05, 0.1) is 12.2 Å². The number of likely N-dealkylation sites (tertiary alicyclic amines) is 1. The largest absolute Gasteiger partial charge is 0.298 e. The third-order valence-electron chi connectivity index (χ3n) is 3.60. The van der Waals surface area contributed by atoms with Crippen LogP contribution in [0, 0.1) is 0 Å². The van der Waals surface area contributed by atoms with Crippen LogP contribution in [0.4, 0.5) is 0 Å². The zero-order chi connectivity index (χ0) is 9.38. The molecule has 0 aromatic carbocycles. The van der Waals surface area contributed by atoms with Crippen molar-refractivity contribution in [3.63, 3.8) is 0 Å². The summed E-state index contributed by atoms with van der Waals surface area (Å²) in [4.78, 5) is 2.62. The minimum atomic E-state index is 0.568. The highest BCUT2D eigenvalue weighted by molar-refractivity contribution is 4.88. The van der Waals surface area contributed by atoms with Gasteiger partial charge in [0.15, 0.2) is 0 Å². The van der Waals surface area contributed by atoms with Crippen LogP contribution in [0.15, 0.2) is 12.4 Å². The lowest BCUT2D eigenvalue weighted by Gasteiger charge is -2.34. The predicted molar refractivity (Wildman–Crippen MR) is 52.9 cm³/mol. The topological polar surface area (TPSA) is 34.0 Å². The molecule has 0 spiro atoms. The molecule has 4 heteroatoms. The quantitative estimate of drug-likeness (QED) is 0.703. The number of hydrogen-bond donors (Lipinski definition) is 0. The molecule has 0 amide bonds. The van der Waals surface area contributed by atoms with Crippen molar-refractivity contribution < 1.29 is 0 Å². The van der Waals surface area contributed by atoms with E-state index in [1.165, 1.54) is 38.8 Å². The predicted octanol–water partition coefficient (Wildman–Crippen LogP) is 1.08. The number of nitrogens with zero attached hydrogens (tertiary/aromatic N) is 4. The SMILES string of the molecule is c1cn(C2CCN(C3CCC3)C2)nn1. The second-order valence-electron chi connectivity index (χ2n) is 4.41. The van der Waals surface area contributed by atoms with E-state index in [-0.39, 0.29) is 0 Å². The van der Waals surface area contributed by atoms with Crippen LogP contribution in [-0.4, -0.2) is 39.0 Å². The lowest BCUT2D eigenvalue weighted by atomic mass is 9.92. The maximum Gasteiger partial charge on any atom is 0.0693 e. The molecule has 2 fully saturated rings. The van der Waals surface area contributed by atoms with Crippen molar-refractivity contribution in [3.05, 3.63) is 12.4 Å². The molecule has 1 aromatic heterocycles. The van der Waals surface area contributed by atoms with E-state index in [1.807, 2.05) is 10.9 Å². The van der Waals surface area contributed by atoms with E-state index in [4.69, 9.17) is 0 Å². The molecule has 0 N–H and O–H groups in total. The van der Waals surface area contributed by atoms with Crippen LogP contribution in [0.25, 0.3) is 0 Å². The average Bonchev–Trinajstić information content (AvgIpc) is 2.65. The van der Waals surface area contributed by atoms with E-state index < -0.39 is 0 Å². The van der Waals surface area contributed by atoms with E-state index in [0.29, 0.717) is 6.04 Å². The molecule has 2 heterocycles. The van der Waals surface area contributed by atoms with Gasteiger partial charge in [0.25, 0.3) is 0 Å². The van der Waals surface area contributed by atoms with Crippen LogP contribution in [0.1, 0.15) is 31.7 Å². The van der Waals surface area contributed by atoms with Gasteiger partial charge < -0.3 is 0 Å². The molecule has 3 rings (SSSR count). The first-order valence-corrected chi connectivity index (χ1v) is 5.53. The maximum atomic E-state index is 4.08. The van der Waals surface area contributed by atoms with Crippen LogP contribution in [0.2, 0.25) is 0 Å². The number of aromatic nitrogens is 3. The normalized spacial score (nSPS) is 29.3. The average molecular weight is 192 g/mol. The Morgan fingerprint density at radius 3 is 2.71 bits per heavy atom. The smallest absolute Gasteiger partial charge is 0.0693 e. The summed E-state index contributed by atoms with van der Waals surface area (Å²) in [6.07, 6.45) is 9.23. The lowest BCUT2D eigenvalue weighted by Crippen LogP contribution is -2.38. The van der Waals surface area contributed by atoms with Gasteiger partial charge >= 0.3 is 0 Å². The van der Waals surface area contributed by atoms with Crippen molar-refractivity contribution in [1.29, 1.82) is 0 Å². The van der Waals surface area contributed by atoms with Crippen LogP contribution >= 0.6 is 0 Å². The monoisotopic (exact) mass is 192 g/mol. The molecule has 76 valence electrons. The molecular formula is C10H16N4. The molecule has 2 aliphatic rings. The minimum absolute atomic E-state index is 0.568. The molecule has 4 nitrogen and oxygen atoms in total. The van der Waals surface area contributed by atoms with E-state index in [1.54, 1.807) is 6.20 Å². The number of rotatable bonds is 2. The molecule has 1 saturated heterocycles. The van der Waals surface area contributed by atoms with E-state index in [9.17, 15) is 0 Å². The van der Waals surface area contributed by atoms with Crippen molar-refractivity contribution >= 4 is 0 Å². The zero-order valence-electron chi connectivity index (χ0n) is 8.34. The Bertz CT molecular complexity index is 291. The minimum Gasteiger partial charge on any atom is -0.298 e. The summed E-state index contributed by atoms with van der Waals surface area (Å²) in [5.41, 5.74) is 0. The molecule has 1 unspecified atom stereocenters. The van der Waals surface area contributed by atoms with E-state index in [2.05, 4.69) is 15.2 Å². The van der Waals surface area contributed by atoms with Gasteiger partial charge in [-0.1, -0.05) is 11.6 Å². The fourth-order valence-electron chi connectivity index (χ4n) is 2.48. The summed E-state index contributed by atoms with van der Waals surface area (Å²) in [5, 5.41) is 7.94. The second-order valence-corrected chi connectivity index (χ2v) is 4.41. The summed E-state index contributed by atoms with van der Waals surface area (Å²) >= 11 is 0. The van der Waals surface area contributed by atoms with Crippen molar-refractivity contribution in [3.8, 4) is 0 Å². The molecule has 1 saturated carbocycles. The molecule has 14 heavy (non-hydrogen) atoms. The molecule has 0 radical (unpaired) electrons. The highest BCUT2D eigenvalue weighted by atomic mass is 15.4. The standard InChI is InChI=1S/C10H16N4/c1-2-9(3-1)13-6-4-10(8-13)14-7-5-11-12-14/h5,7,9-10H,1-4,6,8H2. The molecule has 1 atom stereocenters. The van der Waals surface area contributed by atoms with Crippen molar-refractivity contribution in [2.24, 2.45) is 0 Å². The second kappa shape index (κ2) is 3.35. The maximum absolute atomic E-state index is 4.08. The number of hydrogen-bond acceptors (Lipinski definition) is 3. The first-order chi connectivity index (χ1) is 6.93. The van der Waals surface area contributed by atoms with Gasteiger partial charge in [-0.2, -0.15) is 0 Å². The Labute approximate surface area is 83.9 Å². The summed E-state index contributed by atoms with van der Waals surface area (Å²) < 4.78 is 2.01. The van der Waals surface area contributed by atoms with E-state index in [0.717, 1.165) is 6.04 Å². The van der Waals surface area contributed by atoms with Crippen LogP contribution < -0.4 is 0 Å². The Morgan fingerprint density at radius 1 is 1.14 bits per heavy atom. The summed E-state index contributed by atoms with van der Waals surface area (Å²) in [6.45, 7) is 2.42. The van der Waals surface area contributed by atoms with Crippen molar-refractivity contribution in [2.45, 2.75) is 37.8 Å². The first kappa shape index (κ1) is 8.41. The summed E-state index contributed by atoms with van der Waals surface area (Å²) in [7, 11) is 0. The van der Waals surface area contributed by atoms with Crippen LogP contribution in [-0.2, 0) is 0 Å². The Kier molecular flexibility index (Phi) is 2.01. The van der Waals surface area contributed by atoms with Gasteiger partial charge in [-0.15, -0.1) is 5.10 Å². The Morgan fingerprint density at radius 2 is 2.07 bits per heavy atom. The summed E-state index contributed by atoms with van der Waals surface area (Å²) in [6, 6.07) is 1.45. The molecule has 1 aliphatic carbocycles. The first-order valence-electron chi connectivity index (χ1n) is 5.53. The Balaban J connectivity index is 1.64. The highest BCUT2D eigenvalue weighted by Gasteiger charge is 2.32. The lowest BCUT2D eigenvalue weighted by molar-refractivity contribution is 0.153. The van der Waals surface area contributed by atoms with E-state index >= 15 is 0 Å². The van der Waals surface area contributed by atoms with Crippen molar-refractivity contribution in [1.82, 2.24) is 19.9 Å². The van der Waals surface area contributed by atoms with Gasteiger partial charge in [-0.05, 0) is 19.3 Å². The van der Waals surface area contributed by atoms with Crippen LogP contribution in [0.5, 0.6) is 0 Å². The van der Waals surface area contributed by atoms with Gasteiger partial charge in [-0.3, -0.25) is 4.90 Å². The van der Waals surface area contributed by atoms with Gasteiger partial charge in [0.1, 0.15) is 0 Å². The summed E-state index contributed by atoms with van der Waals surface area (Å²) in [5.74, 6) is 0. The zero-order valence-corrected chi connectivity index (χ0v) is 8.34. The third kappa shape index (κ3) is 1.34. The molecular weight excluding hydrogens is 176 g/mol. The third-order valence-corrected chi connectivity index (χ3v) is 3.60. The molecule has 1 aromatic rings. The fraction of sp³-hybridized carbons (Fsp3) is 0.800. The van der Waals surface area contributed by atoms with Gasteiger partial charge in [-0.25, -0.2) is 4.68 Å². The molecule has 0 bridgehead atoms.